The summed E-state index contributed by atoms with van der Waals surface area (Å²) in [5, 5.41) is 12.8. The van der Waals surface area contributed by atoms with Crippen molar-refractivity contribution in [3.8, 4) is 0 Å². The summed E-state index contributed by atoms with van der Waals surface area (Å²) in [6.07, 6.45) is 6.16. The summed E-state index contributed by atoms with van der Waals surface area (Å²) in [6, 6.07) is 0.0577. The molecule has 3 unspecified atom stereocenters. The number of likely N-dealkylation sites (tertiary alicyclic amines) is 1. The van der Waals surface area contributed by atoms with Gasteiger partial charge in [0.15, 0.2) is 0 Å². The molecular formula is C14H26N2O2. The van der Waals surface area contributed by atoms with E-state index in [1.165, 1.54) is 6.42 Å². The fourth-order valence-corrected chi connectivity index (χ4v) is 3.27. The lowest BCUT2D eigenvalue weighted by atomic mass is 10.0. The van der Waals surface area contributed by atoms with E-state index in [9.17, 15) is 9.90 Å². The van der Waals surface area contributed by atoms with Gasteiger partial charge in [-0.25, -0.2) is 0 Å². The van der Waals surface area contributed by atoms with E-state index in [-0.39, 0.29) is 24.0 Å². The zero-order valence-corrected chi connectivity index (χ0v) is 11.4. The largest absolute Gasteiger partial charge is 0.393 e. The molecule has 4 nitrogen and oxygen atoms in total. The number of carbonyl (C=O) groups excluding carboxylic acids is 1. The maximum Gasteiger partial charge on any atom is 0.237 e. The van der Waals surface area contributed by atoms with Crippen LogP contribution in [0.2, 0.25) is 0 Å². The molecule has 0 aromatic rings. The van der Waals surface area contributed by atoms with Gasteiger partial charge in [-0.15, -0.1) is 0 Å². The van der Waals surface area contributed by atoms with Crippen molar-refractivity contribution in [1.29, 1.82) is 0 Å². The van der Waals surface area contributed by atoms with Crippen LogP contribution < -0.4 is 5.32 Å². The molecule has 3 atom stereocenters. The number of carbonyl (C=O) groups is 1. The smallest absolute Gasteiger partial charge is 0.237 e. The van der Waals surface area contributed by atoms with Gasteiger partial charge in [0.1, 0.15) is 0 Å². The second-order valence-electron chi connectivity index (χ2n) is 5.64. The van der Waals surface area contributed by atoms with Crippen LogP contribution in [0, 0.1) is 5.92 Å². The summed E-state index contributed by atoms with van der Waals surface area (Å²) in [4.78, 5) is 14.5. The van der Waals surface area contributed by atoms with Crippen LogP contribution in [-0.4, -0.2) is 47.7 Å². The van der Waals surface area contributed by atoms with Crippen molar-refractivity contribution in [3.63, 3.8) is 0 Å². The van der Waals surface area contributed by atoms with E-state index in [1.807, 2.05) is 0 Å². The number of aliphatic hydroxyl groups is 1. The lowest BCUT2D eigenvalue weighted by Gasteiger charge is -2.34. The Labute approximate surface area is 110 Å². The third-order valence-corrected chi connectivity index (χ3v) is 4.48. The average molecular weight is 254 g/mol. The number of nitrogens with one attached hydrogen (secondary N) is 1. The lowest BCUT2D eigenvalue weighted by molar-refractivity contribution is -0.127. The van der Waals surface area contributed by atoms with E-state index in [4.69, 9.17) is 0 Å². The van der Waals surface area contributed by atoms with Gasteiger partial charge < -0.3 is 10.4 Å². The molecular weight excluding hydrogens is 228 g/mol. The third kappa shape index (κ3) is 3.23. The Morgan fingerprint density at radius 2 is 2.11 bits per heavy atom. The number of hydrogen-bond donors (Lipinski definition) is 2. The van der Waals surface area contributed by atoms with E-state index >= 15 is 0 Å². The second kappa shape index (κ2) is 6.53. The maximum absolute atomic E-state index is 12.2. The highest BCUT2D eigenvalue weighted by molar-refractivity contribution is 5.81. The summed E-state index contributed by atoms with van der Waals surface area (Å²) in [6.45, 7) is 4.76. The number of likely N-dealkylation sites (N-methyl/N-ethyl adjacent to an activating group) is 1. The first-order valence-electron chi connectivity index (χ1n) is 7.42. The molecule has 0 spiro atoms. The SMILES string of the molecule is CCN1CCCCC1C(=O)NCC1CCCC1O. The molecule has 0 aromatic heterocycles. The molecule has 1 heterocycles. The molecule has 1 saturated heterocycles. The molecule has 2 N–H and O–H groups in total. The molecule has 18 heavy (non-hydrogen) atoms. The summed E-state index contributed by atoms with van der Waals surface area (Å²) >= 11 is 0. The predicted molar refractivity (Wildman–Crippen MR) is 71.2 cm³/mol. The minimum atomic E-state index is -0.209. The van der Waals surface area contributed by atoms with E-state index < -0.39 is 0 Å². The topological polar surface area (TPSA) is 52.6 Å². The van der Waals surface area contributed by atoms with Crippen molar-refractivity contribution in [1.82, 2.24) is 10.2 Å². The van der Waals surface area contributed by atoms with E-state index in [2.05, 4.69) is 17.1 Å². The van der Waals surface area contributed by atoms with E-state index in [0.29, 0.717) is 6.54 Å². The summed E-state index contributed by atoms with van der Waals surface area (Å²) in [5.41, 5.74) is 0. The average Bonchev–Trinajstić information content (AvgIpc) is 2.81. The number of piperidine rings is 1. The Balaban J connectivity index is 1.79. The van der Waals surface area contributed by atoms with Gasteiger partial charge in [0.2, 0.25) is 5.91 Å². The quantitative estimate of drug-likeness (QED) is 0.791. The van der Waals surface area contributed by atoms with E-state index in [0.717, 1.165) is 45.2 Å². The van der Waals surface area contributed by atoms with Gasteiger partial charge in [-0.1, -0.05) is 19.8 Å². The van der Waals surface area contributed by atoms with Gasteiger partial charge in [-0.05, 0) is 38.8 Å². The maximum atomic E-state index is 12.2. The fourth-order valence-electron chi connectivity index (χ4n) is 3.27. The van der Waals surface area contributed by atoms with Crippen molar-refractivity contribution < 1.29 is 9.90 Å². The standard InChI is InChI=1S/C14H26N2O2/c1-2-16-9-4-3-7-12(16)14(18)15-10-11-6-5-8-13(11)17/h11-13,17H,2-10H2,1H3,(H,15,18). The van der Waals surface area contributed by atoms with E-state index in [1.54, 1.807) is 0 Å². The molecule has 0 radical (unpaired) electrons. The van der Waals surface area contributed by atoms with Gasteiger partial charge in [0, 0.05) is 12.5 Å². The highest BCUT2D eigenvalue weighted by Gasteiger charge is 2.29. The van der Waals surface area contributed by atoms with Gasteiger partial charge in [0.05, 0.1) is 12.1 Å². The monoisotopic (exact) mass is 254 g/mol. The molecule has 1 aliphatic heterocycles. The molecule has 4 heteroatoms. The lowest BCUT2D eigenvalue weighted by Crippen LogP contribution is -2.50. The Morgan fingerprint density at radius 1 is 1.28 bits per heavy atom. The van der Waals surface area contributed by atoms with Crippen LogP contribution >= 0.6 is 0 Å². The molecule has 2 aliphatic rings. The number of amides is 1. The van der Waals surface area contributed by atoms with Crippen LogP contribution in [0.15, 0.2) is 0 Å². The third-order valence-electron chi connectivity index (χ3n) is 4.48. The number of hydrogen-bond acceptors (Lipinski definition) is 3. The highest BCUT2D eigenvalue weighted by Crippen LogP contribution is 2.25. The molecule has 2 fully saturated rings. The van der Waals surface area contributed by atoms with Crippen molar-refractivity contribution in [3.05, 3.63) is 0 Å². The van der Waals surface area contributed by atoms with Crippen LogP contribution in [-0.2, 0) is 4.79 Å². The molecule has 1 saturated carbocycles. The molecule has 1 aliphatic carbocycles. The van der Waals surface area contributed by atoms with Gasteiger partial charge in [-0.2, -0.15) is 0 Å². The highest BCUT2D eigenvalue weighted by atomic mass is 16.3. The molecule has 104 valence electrons. The van der Waals surface area contributed by atoms with Gasteiger partial charge in [-0.3, -0.25) is 9.69 Å². The van der Waals surface area contributed by atoms with Crippen LogP contribution in [0.4, 0.5) is 0 Å². The molecule has 2 rings (SSSR count). The van der Waals surface area contributed by atoms with Gasteiger partial charge in [0.25, 0.3) is 0 Å². The minimum Gasteiger partial charge on any atom is -0.393 e. The normalized spacial score (nSPS) is 33.6. The predicted octanol–water partition coefficient (Wildman–Crippen LogP) is 1.14. The number of rotatable bonds is 4. The van der Waals surface area contributed by atoms with Crippen molar-refractivity contribution in [2.75, 3.05) is 19.6 Å². The Hall–Kier alpha value is -0.610. The first-order valence-corrected chi connectivity index (χ1v) is 7.42. The van der Waals surface area contributed by atoms with Crippen molar-refractivity contribution in [2.24, 2.45) is 5.92 Å². The Bertz CT molecular complexity index is 283. The Morgan fingerprint density at radius 3 is 2.78 bits per heavy atom. The van der Waals surface area contributed by atoms with Crippen LogP contribution in [0.5, 0.6) is 0 Å². The zero-order chi connectivity index (χ0) is 13.0. The summed E-state index contributed by atoms with van der Waals surface area (Å²) in [5.74, 6) is 0.434. The second-order valence-corrected chi connectivity index (χ2v) is 5.64. The van der Waals surface area contributed by atoms with Crippen LogP contribution in [0.1, 0.15) is 45.4 Å². The minimum absolute atomic E-state index is 0.0577. The number of aliphatic hydroxyl groups excluding tert-OH is 1. The first kappa shape index (κ1) is 13.8. The molecule has 1 amide bonds. The molecule has 0 bridgehead atoms. The van der Waals surface area contributed by atoms with Crippen LogP contribution in [0.25, 0.3) is 0 Å². The Kier molecular flexibility index (Phi) is 5.01. The zero-order valence-electron chi connectivity index (χ0n) is 11.4. The molecule has 0 aromatic carbocycles. The fraction of sp³-hybridized carbons (Fsp3) is 0.929. The first-order chi connectivity index (χ1) is 8.72. The number of nitrogens with zero attached hydrogens (tertiary/aromatic N) is 1. The van der Waals surface area contributed by atoms with Gasteiger partial charge >= 0.3 is 0 Å². The summed E-state index contributed by atoms with van der Waals surface area (Å²) in [7, 11) is 0. The van der Waals surface area contributed by atoms with Crippen molar-refractivity contribution in [2.45, 2.75) is 57.6 Å². The van der Waals surface area contributed by atoms with Crippen molar-refractivity contribution >= 4 is 5.91 Å². The van der Waals surface area contributed by atoms with Crippen LogP contribution in [0.3, 0.4) is 0 Å². The summed E-state index contributed by atoms with van der Waals surface area (Å²) < 4.78 is 0.